The monoisotopic (exact) mass is 669 g/mol. The summed E-state index contributed by atoms with van der Waals surface area (Å²) >= 11 is 0. The average molecular weight is 669 g/mol. The molecule has 0 aliphatic heterocycles. The maximum atomic E-state index is 5.23. The van der Waals surface area contributed by atoms with Gasteiger partial charge < -0.3 is 9.97 Å². The number of imidazole rings is 2. The highest BCUT2D eigenvalue weighted by Gasteiger charge is 2.38. The third-order valence-corrected chi connectivity index (χ3v) is 12.9. The largest absolute Gasteiger partial charge is 0.345 e. The van der Waals surface area contributed by atoms with Crippen molar-refractivity contribution >= 4 is 0 Å². The van der Waals surface area contributed by atoms with Gasteiger partial charge in [-0.2, -0.15) is 0 Å². The summed E-state index contributed by atoms with van der Waals surface area (Å²) in [4.78, 5) is 18.1. The van der Waals surface area contributed by atoms with Crippen LogP contribution < -0.4 is 0 Å². The van der Waals surface area contributed by atoms with Gasteiger partial charge in [-0.1, -0.05) is 163 Å². The molecule has 0 saturated heterocycles. The fraction of sp³-hybridized carbons (Fsp3) is 0.864. The second kappa shape index (κ2) is 18.1. The quantitative estimate of drug-likeness (QED) is 0.138. The number of hydrogen-bond acceptors (Lipinski definition) is 2. The average Bonchev–Trinajstić information content (AvgIpc) is 3.73. The number of nitrogens with zero attached hydrogens (tertiary/aromatic N) is 2. The van der Waals surface area contributed by atoms with Gasteiger partial charge >= 0.3 is 0 Å². The van der Waals surface area contributed by atoms with Gasteiger partial charge in [0.05, 0.1) is 11.4 Å². The van der Waals surface area contributed by atoms with Crippen molar-refractivity contribution in [3.8, 4) is 0 Å². The fourth-order valence-corrected chi connectivity index (χ4v) is 6.67. The Bertz CT molecular complexity index is 1100. The summed E-state index contributed by atoms with van der Waals surface area (Å²) in [6.45, 7) is 41.9. The lowest BCUT2D eigenvalue weighted by molar-refractivity contribution is 0.406. The first-order valence-electron chi connectivity index (χ1n) is 20.4. The van der Waals surface area contributed by atoms with E-state index in [0.717, 1.165) is 38.5 Å². The molecule has 0 saturated carbocycles. The Kier molecular flexibility index (Phi) is 16.7. The van der Waals surface area contributed by atoms with Crippen molar-refractivity contribution in [1.29, 1.82) is 0 Å². The summed E-state index contributed by atoms with van der Waals surface area (Å²) < 4.78 is 0. The zero-order valence-electron chi connectivity index (χ0n) is 35.8. The van der Waals surface area contributed by atoms with Gasteiger partial charge in [0.1, 0.15) is 11.6 Å². The van der Waals surface area contributed by atoms with Crippen molar-refractivity contribution in [3.05, 3.63) is 34.4 Å². The fourth-order valence-electron chi connectivity index (χ4n) is 6.67. The second-order valence-corrected chi connectivity index (χ2v) is 18.3. The van der Waals surface area contributed by atoms with Crippen molar-refractivity contribution < 1.29 is 0 Å². The molecular formula is C44H84N4. The Labute approximate surface area is 300 Å². The van der Waals surface area contributed by atoms with Crippen LogP contribution in [0.3, 0.4) is 0 Å². The van der Waals surface area contributed by atoms with Crippen LogP contribution in [0.1, 0.15) is 249 Å². The Balaban J connectivity index is 0.000000480. The van der Waals surface area contributed by atoms with Crippen LogP contribution in [-0.2, 0) is 32.5 Å². The van der Waals surface area contributed by atoms with Gasteiger partial charge in [-0.3, -0.25) is 0 Å². The van der Waals surface area contributed by atoms with E-state index in [4.69, 9.17) is 9.97 Å². The van der Waals surface area contributed by atoms with E-state index in [2.05, 4.69) is 135 Å². The van der Waals surface area contributed by atoms with Crippen LogP contribution in [0.2, 0.25) is 0 Å². The lowest BCUT2D eigenvalue weighted by Gasteiger charge is -2.30. The number of aromatic amines is 2. The minimum Gasteiger partial charge on any atom is -0.345 e. The molecule has 0 amide bonds. The van der Waals surface area contributed by atoms with Gasteiger partial charge in [-0.25, -0.2) is 9.97 Å². The van der Waals surface area contributed by atoms with Crippen molar-refractivity contribution in [1.82, 2.24) is 19.9 Å². The molecule has 0 bridgehead atoms. The highest BCUT2D eigenvalue weighted by atomic mass is 15.0. The lowest BCUT2D eigenvalue weighted by atomic mass is 9.76. The summed E-state index contributed by atoms with van der Waals surface area (Å²) in [7, 11) is 0. The molecule has 0 aliphatic rings. The van der Waals surface area contributed by atoms with E-state index < -0.39 is 0 Å². The number of aromatic nitrogens is 4. The number of nitrogens with one attached hydrogen (secondary N) is 2. The molecule has 0 fully saturated rings. The van der Waals surface area contributed by atoms with Crippen LogP contribution in [0.5, 0.6) is 0 Å². The Morgan fingerprint density at radius 3 is 0.917 bits per heavy atom. The topological polar surface area (TPSA) is 57.4 Å². The highest BCUT2D eigenvalue weighted by Crippen LogP contribution is 2.42. The van der Waals surface area contributed by atoms with E-state index in [1.807, 2.05) is 0 Å². The van der Waals surface area contributed by atoms with E-state index >= 15 is 0 Å². The Morgan fingerprint density at radius 2 is 0.688 bits per heavy atom. The van der Waals surface area contributed by atoms with Crippen LogP contribution in [0.4, 0.5) is 0 Å². The SMILES string of the molecule is CCCCCC(C)(C)c1nc(C(C)(CC)CC)[nH]c1C(C)(C)CC.CCCCCC(C)(C)c1nc(C(C)(CC)CC)[nH]c1C(C)(C)CC. The molecule has 2 rings (SSSR count). The van der Waals surface area contributed by atoms with Crippen molar-refractivity contribution in [2.24, 2.45) is 0 Å². The molecule has 0 aliphatic carbocycles. The molecule has 48 heavy (non-hydrogen) atoms. The molecule has 0 unspecified atom stereocenters. The molecule has 4 nitrogen and oxygen atoms in total. The standard InChI is InChI=1S/2C22H42N2/c2*1-10-14-15-16-21(7,8)18-17(20(5,6)11-2)23-19(24-18)22(9,12-3)13-4/h2*10-16H2,1-9H3,(H,23,24). The van der Waals surface area contributed by atoms with Crippen LogP contribution >= 0.6 is 0 Å². The normalized spacial score (nSPS) is 13.5. The molecule has 0 atom stereocenters. The molecule has 2 aromatic heterocycles. The van der Waals surface area contributed by atoms with Crippen molar-refractivity contribution in [2.75, 3.05) is 0 Å². The zero-order valence-corrected chi connectivity index (χ0v) is 35.8. The molecule has 0 radical (unpaired) electrons. The maximum Gasteiger partial charge on any atom is 0.112 e. The maximum absolute atomic E-state index is 5.23. The summed E-state index contributed by atoms with van der Waals surface area (Å²) in [5.41, 5.74) is 6.22. The first kappa shape index (κ1) is 44.4. The number of unbranched alkanes of at least 4 members (excludes halogenated alkanes) is 4. The lowest BCUT2D eigenvalue weighted by Crippen LogP contribution is -2.26. The molecular weight excluding hydrogens is 585 g/mol. The smallest absolute Gasteiger partial charge is 0.112 e. The zero-order chi connectivity index (χ0) is 37.2. The van der Waals surface area contributed by atoms with Gasteiger partial charge in [-0.05, 0) is 51.4 Å². The van der Waals surface area contributed by atoms with Crippen LogP contribution in [0, 0.1) is 0 Å². The third-order valence-electron chi connectivity index (χ3n) is 12.9. The third kappa shape index (κ3) is 10.7. The summed E-state index contributed by atoms with van der Waals surface area (Å²) in [6.07, 6.45) is 16.9. The van der Waals surface area contributed by atoms with E-state index in [-0.39, 0.29) is 32.5 Å². The molecule has 280 valence electrons. The second-order valence-electron chi connectivity index (χ2n) is 18.3. The summed E-state index contributed by atoms with van der Waals surface area (Å²) in [6, 6.07) is 0. The number of hydrogen-bond donors (Lipinski definition) is 2. The van der Waals surface area contributed by atoms with Crippen molar-refractivity contribution in [3.63, 3.8) is 0 Å². The van der Waals surface area contributed by atoms with E-state index in [0.29, 0.717) is 0 Å². The van der Waals surface area contributed by atoms with Gasteiger partial charge in [0, 0.05) is 43.9 Å². The van der Waals surface area contributed by atoms with Gasteiger partial charge in [-0.15, -0.1) is 0 Å². The van der Waals surface area contributed by atoms with Gasteiger partial charge in [0.2, 0.25) is 0 Å². The molecule has 2 heterocycles. The predicted molar refractivity (Wildman–Crippen MR) is 214 cm³/mol. The molecule has 0 spiro atoms. The molecule has 2 N–H and O–H groups in total. The van der Waals surface area contributed by atoms with E-state index in [1.54, 1.807) is 0 Å². The minimum atomic E-state index is 0.133. The molecule has 0 aromatic carbocycles. The Morgan fingerprint density at radius 1 is 0.396 bits per heavy atom. The van der Waals surface area contributed by atoms with Gasteiger partial charge in [0.25, 0.3) is 0 Å². The van der Waals surface area contributed by atoms with Crippen LogP contribution in [0.15, 0.2) is 0 Å². The first-order valence-corrected chi connectivity index (χ1v) is 20.4. The minimum absolute atomic E-state index is 0.133. The highest BCUT2D eigenvalue weighted by molar-refractivity contribution is 5.32. The molecule has 2 aromatic rings. The number of H-pyrrole nitrogens is 2. The van der Waals surface area contributed by atoms with Gasteiger partial charge in [0.15, 0.2) is 0 Å². The van der Waals surface area contributed by atoms with E-state index in [1.165, 1.54) is 85.8 Å². The summed E-state index contributed by atoms with van der Waals surface area (Å²) in [5.74, 6) is 2.39. The summed E-state index contributed by atoms with van der Waals surface area (Å²) in [5, 5.41) is 0. The Hall–Kier alpha value is -1.58. The molecule has 4 heteroatoms. The van der Waals surface area contributed by atoms with E-state index in [9.17, 15) is 0 Å². The first-order chi connectivity index (χ1) is 22.1. The van der Waals surface area contributed by atoms with Crippen LogP contribution in [0.25, 0.3) is 0 Å². The number of rotatable bonds is 20. The van der Waals surface area contributed by atoms with Crippen molar-refractivity contribution in [2.45, 2.75) is 247 Å². The van der Waals surface area contributed by atoms with Crippen LogP contribution in [-0.4, -0.2) is 19.9 Å². The predicted octanol–water partition coefficient (Wildman–Crippen LogP) is 14.1.